The first-order valence-corrected chi connectivity index (χ1v) is 9.73. The van der Waals surface area contributed by atoms with Crippen molar-refractivity contribution in [2.45, 2.75) is 66.4 Å². The summed E-state index contributed by atoms with van der Waals surface area (Å²) < 4.78 is 10.2. The molecular weight excluding hydrogens is 372 g/mol. The highest BCUT2D eigenvalue weighted by Crippen LogP contribution is 2.23. The fourth-order valence-corrected chi connectivity index (χ4v) is 2.99. The number of amides is 1. The second-order valence-electron chi connectivity index (χ2n) is 8.03. The lowest BCUT2D eigenvalue weighted by molar-refractivity contribution is -0.140. The standard InChI is InChI=1S/C22H32N2O5/c1-8-15(20(23)26)13(2)9-11-17-14(3)16(10-12-18(25)28-7)19(24-17)21(27)29-22(4,5)6/h13,15,24H,8,10,12H2,1-7H3,(H2,23,26)/t13-,15-/m1/s1. The summed E-state index contributed by atoms with van der Waals surface area (Å²) >= 11 is 0. The Morgan fingerprint density at radius 3 is 2.34 bits per heavy atom. The predicted octanol–water partition coefficient (Wildman–Crippen LogP) is 2.88. The fraction of sp³-hybridized carbons (Fsp3) is 0.591. The zero-order valence-corrected chi connectivity index (χ0v) is 18.4. The Morgan fingerprint density at radius 2 is 1.86 bits per heavy atom. The molecule has 160 valence electrons. The van der Waals surface area contributed by atoms with Crippen molar-refractivity contribution >= 4 is 17.8 Å². The van der Waals surface area contributed by atoms with Crippen LogP contribution >= 0.6 is 0 Å². The highest BCUT2D eigenvalue weighted by molar-refractivity contribution is 5.90. The number of nitrogens with two attached hydrogens (primary N) is 1. The summed E-state index contributed by atoms with van der Waals surface area (Å²) in [4.78, 5) is 38.8. The van der Waals surface area contributed by atoms with Crippen LogP contribution in [0.1, 0.15) is 74.8 Å². The molecule has 0 aromatic carbocycles. The average Bonchev–Trinajstić information content (AvgIpc) is 2.92. The maximum absolute atomic E-state index is 12.7. The van der Waals surface area contributed by atoms with E-state index in [4.69, 9.17) is 15.2 Å². The van der Waals surface area contributed by atoms with Crippen LogP contribution in [0, 0.1) is 30.6 Å². The molecule has 0 aliphatic heterocycles. The van der Waals surface area contributed by atoms with Gasteiger partial charge in [0.15, 0.2) is 0 Å². The highest BCUT2D eigenvalue weighted by Gasteiger charge is 2.25. The number of aromatic amines is 1. The predicted molar refractivity (Wildman–Crippen MR) is 110 cm³/mol. The number of aromatic nitrogens is 1. The third-order valence-electron chi connectivity index (χ3n) is 4.62. The number of rotatable bonds is 7. The molecule has 0 fully saturated rings. The molecule has 1 rings (SSSR count). The van der Waals surface area contributed by atoms with Gasteiger partial charge in [0, 0.05) is 12.3 Å². The van der Waals surface area contributed by atoms with Gasteiger partial charge in [-0.2, -0.15) is 0 Å². The van der Waals surface area contributed by atoms with Crippen LogP contribution in [0.4, 0.5) is 0 Å². The molecule has 7 nitrogen and oxygen atoms in total. The Kier molecular flexibility index (Phi) is 8.50. The van der Waals surface area contributed by atoms with Crippen LogP contribution in [0.15, 0.2) is 0 Å². The molecule has 0 radical (unpaired) electrons. The number of primary amides is 1. The van der Waals surface area contributed by atoms with E-state index in [-0.39, 0.29) is 35.8 Å². The van der Waals surface area contributed by atoms with E-state index in [0.717, 1.165) is 5.56 Å². The molecule has 1 aromatic rings. The van der Waals surface area contributed by atoms with Crippen LogP contribution in [0.25, 0.3) is 0 Å². The quantitative estimate of drug-likeness (QED) is 0.536. The number of ether oxygens (including phenoxy) is 2. The lowest BCUT2D eigenvalue weighted by Gasteiger charge is -2.19. The number of hydrogen-bond donors (Lipinski definition) is 2. The van der Waals surface area contributed by atoms with Gasteiger partial charge in [0.2, 0.25) is 5.91 Å². The normalized spacial score (nSPS) is 13.1. The maximum Gasteiger partial charge on any atom is 0.355 e. The fourth-order valence-electron chi connectivity index (χ4n) is 2.99. The van der Waals surface area contributed by atoms with E-state index >= 15 is 0 Å². The molecule has 1 heterocycles. The molecule has 0 aliphatic rings. The van der Waals surface area contributed by atoms with Crippen molar-refractivity contribution in [1.82, 2.24) is 4.98 Å². The topological polar surface area (TPSA) is 111 Å². The third kappa shape index (κ3) is 6.97. The Labute approximate surface area is 172 Å². The summed E-state index contributed by atoms with van der Waals surface area (Å²) in [5, 5.41) is 0. The number of methoxy groups -OCH3 is 1. The minimum atomic E-state index is -0.661. The molecule has 0 saturated carbocycles. The lowest BCUT2D eigenvalue weighted by atomic mass is 9.91. The summed E-state index contributed by atoms with van der Waals surface area (Å²) in [5.41, 5.74) is 7.04. The van der Waals surface area contributed by atoms with Gasteiger partial charge in [-0.05, 0) is 57.6 Å². The summed E-state index contributed by atoms with van der Waals surface area (Å²) in [6, 6.07) is 0. The van der Waals surface area contributed by atoms with Crippen LogP contribution in [-0.4, -0.2) is 35.5 Å². The lowest BCUT2D eigenvalue weighted by Crippen LogP contribution is -2.27. The van der Waals surface area contributed by atoms with E-state index in [9.17, 15) is 14.4 Å². The van der Waals surface area contributed by atoms with Crippen molar-refractivity contribution in [2.24, 2.45) is 17.6 Å². The molecule has 1 aromatic heterocycles. The van der Waals surface area contributed by atoms with Gasteiger partial charge in [-0.3, -0.25) is 9.59 Å². The summed E-state index contributed by atoms with van der Waals surface area (Å²) in [6.45, 7) is 10.9. The van der Waals surface area contributed by atoms with E-state index in [1.54, 1.807) is 20.8 Å². The Hall–Kier alpha value is -2.75. The van der Waals surface area contributed by atoms with Crippen LogP contribution in [0.3, 0.4) is 0 Å². The van der Waals surface area contributed by atoms with Gasteiger partial charge in [0.1, 0.15) is 11.3 Å². The Balaban J connectivity index is 3.29. The van der Waals surface area contributed by atoms with Crippen LogP contribution in [-0.2, 0) is 25.5 Å². The van der Waals surface area contributed by atoms with Gasteiger partial charge >= 0.3 is 11.9 Å². The van der Waals surface area contributed by atoms with Crippen molar-refractivity contribution in [2.75, 3.05) is 7.11 Å². The summed E-state index contributed by atoms with van der Waals surface area (Å²) in [7, 11) is 1.32. The molecule has 2 atom stereocenters. The van der Waals surface area contributed by atoms with Crippen LogP contribution in [0.2, 0.25) is 0 Å². The van der Waals surface area contributed by atoms with E-state index in [0.29, 0.717) is 24.1 Å². The van der Waals surface area contributed by atoms with Crippen LogP contribution < -0.4 is 5.73 Å². The van der Waals surface area contributed by atoms with E-state index in [1.165, 1.54) is 7.11 Å². The number of carbonyl (C=O) groups is 3. The van der Waals surface area contributed by atoms with Crippen LogP contribution in [0.5, 0.6) is 0 Å². The number of esters is 2. The molecule has 0 saturated heterocycles. The molecule has 29 heavy (non-hydrogen) atoms. The van der Waals surface area contributed by atoms with Gasteiger partial charge < -0.3 is 20.2 Å². The van der Waals surface area contributed by atoms with E-state index in [2.05, 4.69) is 16.8 Å². The molecule has 0 bridgehead atoms. The van der Waals surface area contributed by atoms with Crippen molar-refractivity contribution in [3.63, 3.8) is 0 Å². The number of nitrogens with one attached hydrogen (secondary N) is 1. The number of carbonyl (C=O) groups excluding carboxylic acids is 3. The molecular formula is C22H32N2O5. The van der Waals surface area contributed by atoms with Gasteiger partial charge in [0.25, 0.3) is 0 Å². The zero-order valence-electron chi connectivity index (χ0n) is 18.4. The first-order chi connectivity index (χ1) is 13.4. The first-order valence-electron chi connectivity index (χ1n) is 9.73. The molecule has 3 N–H and O–H groups in total. The van der Waals surface area contributed by atoms with Crippen molar-refractivity contribution in [1.29, 1.82) is 0 Å². The second kappa shape index (κ2) is 10.1. The smallest absolute Gasteiger partial charge is 0.355 e. The zero-order chi connectivity index (χ0) is 22.4. The second-order valence-corrected chi connectivity index (χ2v) is 8.03. The Bertz CT molecular complexity index is 821. The average molecular weight is 405 g/mol. The van der Waals surface area contributed by atoms with Crippen molar-refractivity contribution < 1.29 is 23.9 Å². The number of H-pyrrole nitrogens is 1. The summed E-state index contributed by atoms with van der Waals surface area (Å²) in [6.07, 6.45) is 1.05. The van der Waals surface area contributed by atoms with E-state index in [1.807, 2.05) is 20.8 Å². The van der Waals surface area contributed by atoms with Crippen molar-refractivity contribution in [3.8, 4) is 11.8 Å². The minimum absolute atomic E-state index is 0.133. The molecule has 0 spiro atoms. The Morgan fingerprint density at radius 1 is 1.24 bits per heavy atom. The van der Waals surface area contributed by atoms with Gasteiger partial charge in [-0.15, -0.1) is 0 Å². The van der Waals surface area contributed by atoms with Gasteiger partial charge in [-0.25, -0.2) is 4.79 Å². The maximum atomic E-state index is 12.7. The highest BCUT2D eigenvalue weighted by atomic mass is 16.6. The third-order valence-corrected chi connectivity index (χ3v) is 4.62. The molecule has 0 unspecified atom stereocenters. The number of hydrogen-bond acceptors (Lipinski definition) is 5. The molecule has 1 amide bonds. The van der Waals surface area contributed by atoms with E-state index < -0.39 is 11.6 Å². The molecule has 0 aliphatic carbocycles. The van der Waals surface area contributed by atoms with Crippen molar-refractivity contribution in [3.05, 3.63) is 22.5 Å². The first kappa shape index (κ1) is 24.3. The van der Waals surface area contributed by atoms with Gasteiger partial charge in [-0.1, -0.05) is 19.8 Å². The minimum Gasteiger partial charge on any atom is -0.469 e. The summed E-state index contributed by atoms with van der Waals surface area (Å²) in [5.74, 6) is 4.24. The van der Waals surface area contributed by atoms with Gasteiger partial charge in [0.05, 0.1) is 18.7 Å². The molecule has 7 heteroatoms. The largest absolute Gasteiger partial charge is 0.469 e. The SMILES string of the molecule is CC[C@@H](C(N)=O)[C@H](C)C#Cc1[nH]c(C(=O)OC(C)(C)C)c(CCC(=O)OC)c1C. The monoisotopic (exact) mass is 404 g/mol.